The van der Waals surface area contributed by atoms with Gasteiger partial charge in [-0.05, 0) is 38.5 Å². The lowest BCUT2D eigenvalue weighted by molar-refractivity contribution is 0.0702. The third-order valence-electron chi connectivity index (χ3n) is 2.48. The first-order valence-electron chi connectivity index (χ1n) is 5.93. The van der Waals surface area contributed by atoms with Gasteiger partial charge in [0.15, 0.2) is 0 Å². The number of aromatic carboxylic acids is 1. The molecule has 2 rings (SSSR count). The van der Waals surface area contributed by atoms with E-state index in [0.717, 1.165) is 16.0 Å². The summed E-state index contributed by atoms with van der Waals surface area (Å²) in [5, 5.41) is 9.01. The van der Waals surface area contributed by atoms with Crippen LogP contribution in [0, 0.1) is 6.92 Å². The Morgan fingerprint density at radius 3 is 2.68 bits per heavy atom. The third-order valence-corrected chi connectivity index (χ3v) is 3.75. The van der Waals surface area contributed by atoms with E-state index in [9.17, 15) is 4.79 Å². The largest absolute Gasteiger partial charge is 0.489 e. The Kier molecular flexibility index (Phi) is 3.85. The number of aromatic nitrogens is 1. The molecule has 0 saturated carbocycles. The number of ether oxygens (including phenoxy) is 1. The van der Waals surface area contributed by atoms with E-state index in [0.29, 0.717) is 10.6 Å². The third kappa shape index (κ3) is 3.12. The molecule has 0 aliphatic heterocycles. The molecule has 1 N–H and O–H groups in total. The molecular weight excluding hydrogens is 262 g/mol. The first-order valence-corrected chi connectivity index (χ1v) is 6.75. The standard InChI is InChI=1S/C14H15NO3S/c1-8(2)18-11-5-10(6-15-7-11)13-9(3)4-12(19-13)14(16)17/h4-8H,1-3H3,(H,16,17). The van der Waals surface area contributed by atoms with Gasteiger partial charge in [0.2, 0.25) is 0 Å². The number of thiophene rings is 1. The lowest BCUT2D eigenvalue weighted by atomic mass is 10.1. The van der Waals surface area contributed by atoms with Crippen molar-refractivity contribution in [3.05, 3.63) is 35.0 Å². The normalized spacial score (nSPS) is 10.7. The minimum absolute atomic E-state index is 0.0797. The maximum absolute atomic E-state index is 11.0. The van der Waals surface area contributed by atoms with Gasteiger partial charge < -0.3 is 9.84 Å². The number of rotatable bonds is 4. The number of hydrogen-bond donors (Lipinski definition) is 1. The zero-order valence-corrected chi connectivity index (χ0v) is 11.8. The number of aryl methyl sites for hydroxylation is 1. The minimum atomic E-state index is -0.901. The van der Waals surface area contributed by atoms with E-state index in [1.165, 1.54) is 11.3 Å². The van der Waals surface area contributed by atoms with Crippen LogP contribution in [0.3, 0.4) is 0 Å². The van der Waals surface area contributed by atoms with Crippen LogP contribution in [0.1, 0.15) is 29.1 Å². The summed E-state index contributed by atoms with van der Waals surface area (Å²) in [5.74, 6) is -0.209. The number of carboxylic acid groups (broad SMARTS) is 1. The van der Waals surface area contributed by atoms with E-state index in [1.807, 2.05) is 26.8 Å². The first-order chi connectivity index (χ1) is 8.97. The molecule has 0 bridgehead atoms. The van der Waals surface area contributed by atoms with E-state index >= 15 is 0 Å². The van der Waals surface area contributed by atoms with Gasteiger partial charge in [0.25, 0.3) is 0 Å². The summed E-state index contributed by atoms with van der Waals surface area (Å²) >= 11 is 1.25. The summed E-state index contributed by atoms with van der Waals surface area (Å²) in [6.45, 7) is 5.80. The Bertz CT molecular complexity index is 604. The Morgan fingerprint density at radius 2 is 2.11 bits per heavy atom. The summed E-state index contributed by atoms with van der Waals surface area (Å²) in [6, 6.07) is 3.57. The van der Waals surface area contributed by atoms with Gasteiger partial charge in [0, 0.05) is 16.6 Å². The highest BCUT2D eigenvalue weighted by molar-refractivity contribution is 7.17. The van der Waals surface area contributed by atoms with Crippen molar-refractivity contribution in [3.8, 4) is 16.2 Å². The van der Waals surface area contributed by atoms with Crippen molar-refractivity contribution < 1.29 is 14.6 Å². The SMILES string of the molecule is Cc1cc(C(=O)O)sc1-c1cncc(OC(C)C)c1. The Labute approximate surface area is 115 Å². The molecule has 0 atom stereocenters. The van der Waals surface area contributed by atoms with Gasteiger partial charge in [-0.15, -0.1) is 11.3 Å². The molecule has 100 valence electrons. The lowest BCUT2D eigenvalue weighted by Crippen LogP contribution is -2.05. The quantitative estimate of drug-likeness (QED) is 0.927. The van der Waals surface area contributed by atoms with E-state index in [1.54, 1.807) is 18.5 Å². The summed E-state index contributed by atoms with van der Waals surface area (Å²) in [5.41, 5.74) is 1.82. The van der Waals surface area contributed by atoms with Gasteiger partial charge in [0.05, 0.1) is 12.3 Å². The van der Waals surface area contributed by atoms with Crippen molar-refractivity contribution in [2.45, 2.75) is 26.9 Å². The fraction of sp³-hybridized carbons (Fsp3) is 0.286. The molecule has 0 saturated heterocycles. The molecule has 0 amide bonds. The average Bonchev–Trinajstić information content (AvgIpc) is 2.71. The second-order valence-electron chi connectivity index (χ2n) is 4.50. The Balaban J connectivity index is 2.38. The van der Waals surface area contributed by atoms with E-state index < -0.39 is 5.97 Å². The second-order valence-corrected chi connectivity index (χ2v) is 5.56. The predicted molar refractivity (Wildman–Crippen MR) is 75.0 cm³/mol. The van der Waals surface area contributed by atoms with Crippen LogP contribution in [-0.4, -0.2) is 22.2 Å². The van der Waals surface area contributed by atoms with Gasteiger partial charge in [-0.1, -0.05) is 0 Å². The molecule has 0 unspecified atom stereocenters. The van der Waals surface area contributed by atoms with Crippen LogP contribution in [0.5, 0.6) is 5.75 Å². The molecular formula is C14H15NO3S. The van der Waals surface area contributed by atoms with Crippen LogP contribution in [-0.2, 0) is 0 Å². The molecule has 4 nitrogen and oxygen atoms in total. The average molecular weight is 277 g/mol. The number of carboxylic acids is 1. The fourth-order valence-electron chi connectivity index (χ4n) is 1.75. The van der Waals surface area contributed by atoms with E-state index in [-0.39, 0.29) is 6.10 Å². The maximum atomic E-state index is 11.0. The molecule has 0 spiro atoms. The lowest BCUT2D eigenvalue weighted by Gasteiger charge is -2.10. The summed E-state index contributed by atoms with van der Waals surface area (Å²) < 4.78 is 5.60. The van der Waals surface area contributed by atoms with Crippen molar-refractivity contribution in [3.63, 3.8) is 0 Å². The molecule has 2 aromatic heterocycles. The predicted octanol–water partition coefficient (Wildman–Crippen LogP) is 3.60. The van der Waals surface area contributed by atoms with Crippen molar-refractivity contribution in [1.29, 1.82) is 0 Å². The van der Waals surface area contributed by atoms with Crippen LogP contribution in [0.15, 0.2) is 24.5 Å². The van der Waals surface area contributed by atoms with Gasteiger partial charge in [-0.25, -0.2) is 4.79 Å². The van der Waals surface area contributed by atoms with Crippen LogP contribution in [0.25, 0.3) is 10.4 Å². The van der Waals surface area contributed by atoms with Gasteiger partial charge >= 0.3 is 5.97 Å². The summed E-state index contributed by atoms with van der Waals surface area (Å²) in [4.78, 5) is 16.4. The zero-order chi connectivity index (χ0) is 14.0. The molecule has 0 aliphatic rings. The Morgan fingerprint density at radius 1 is 1.37 bits per heavy atom. The van der Waals surface area contributed by atoms with Crippen molar-refractivity contribution >= 4 is 17.3 Å². The topological polar surface area (TPSA) is 59.4 Å². The molecule has 0 radical (unpaired) electrons. The zero-order valence-electron chi connectivity index (χ0n) is 11.0. The number of nitrogens with zero attached hydrogens (tertiary/aromatic N) is 1. The van der Waals surface area contributed by atoms with Crippen LogP contribution < -0.4 is 4.74 Å². The molecule has 2 aromatic rings. The first kappa shape index (κ1) is 13.5. The number of pyridine rings is 1. The summed E-state index contributed by atoms with van der Waals surface area (Å²) in [6.07, 6.45) is 3.46. The van der Waals surface area contributed by atoms with Crippen molar-refractivity contribution in [2.75, 3.05) is 0 Å². The van der Waals surface area contributed by atoms with Crippen LogP contribution in [0.4, 0.5) is 0 Å². The number of hydrogen-bond acceptors (Lipinski definition) is 4. The van der Waals surface area contributed by atoms with E-state index in [4.69, 9.17) is 9.84 Å². The highest BCUT2D eigenvalue weighted by Gasteiger charge is 2.13. The number of carbonyl (C=O) groups is 1. The van der Waals surface area contributed by atoms with Gasteiger partial charge in [-0.2, -0.15) is 0 Å². The second kappa shape index (κ2) is 5.40. The molecule has 0 aliphatic carbocycles. The summed E-state index contributed by atoms with van der Waals surface area (Å²) in [7, 11) is 0. The maximum Gasteiger partial charge on any atom is 0.345 e. The highest BCUT2D eigenvalue weighted by atomic mass is 32.1. The van der Waals surface area contributed by atoms with Crippen molar-refractivity contribution in [1.82, 2.24) is 4.98 Å². The van der Waals surface area contributed by atoms with E-state index in [2.05, 4.69) is 4.98 Å². The molecule has 0 fully saturated rings. The monoisotopic (exact) mass is 277 g/mol. The van der Waals surface area contributed by atoms with Crippen LogP contribution >= 0.6 is 11.3 Å². The van der Waals surface area contributed by atoms with Crippen molar-refractivity contribution in [2.24, 2.45) is 0 Å². The Hall–Kier alpha value is -1.88. The highest BCUT2D eigenvalue weighted by Crippen LogP contribution is 2.33. The smallest absolute Gasteiger partial charge is 0.345 e. The molecule has 19 heavy (non-hydrogen) atoms. The van der Waals surface area contributed by atoms with Crippen LogP contribution in [0.2, 0.25) is 0 Å². The van der Waals surface area contributed by atoms with Gasteiger partial charge in [-0.3, -0.25) is 4.98 Å². The molecule has 5 heteroatoms. The van der Waals surface area contributed by atoms with Gasteiger partial charge in [0.1, 0.15) is 10.6 Å². The molecule has 2 heterocycles. The molecule has 0 aromatic carbocycles. The minimum Gasteiger partial charge on any atom is -0.489 e. The fourth-order valence-corrected chi connectivity index (χ4v) is 2.75.